The molecule has 0 aromatic heterocycles. The molecule has 2 aliphatic heterocycles. The Labute approximate surface area is 222 Å². The maximum Gasteiger partial charge on any atom is 0.414 e. The Morgan fingerprint density at radius 3 is 2.53 bits per heavy atom. The highest BCUT2D eigenvalue weighted by atomic mass is 19.1. The topological polar surface area (TPSA) is 100 Å². The highest BCUT2D eigenvalue weighted by molar-refractivity contribution is 5.90. The van der Waals surface area contributed by atoms with E-state index in [1.54, 1.807) is 12.1 Å². The minimum absolute atomic E-state index is 0.0466. The molecular formula is C28H35FN4O5. The molecule has 2 saturated heterocycles. The SMILES string of the molecule is CC(=O)NCC1CN(c2ccc(-c3ccc(CN4CCC(NC(=O)OC(C)(C)C)C4)cc3)c(F)c2)C(=O)O1. The van der Waals surface area contributed by atoms with Gasteiger partial charge >= 0.3 is 12.2 Å². The van der Waals surface area contributed by atoms with Crippen molar-refractivity contribution in [2.24, 2.45) is 0 Å². The summed E-state index contributed by atoms with van der Waals surface area (Å²) in [5, 5.41) is 5.56. The van der Waals surface area contributed by atoms with Gasteiger partial charge in [-0.3, -0.25) is 14.6 Å². The number of likely N-dealkylation sites (tertiary alicyclic amines) is 1. The van der Waals surface area contributed by atoms with E-state index in [0.717, 1.165) is 37.2 Å². The van der Waals surface area contributed by atoms with Gasteiger partial charge in [-0.25, -0.2) is 14.0 Å². The van der Waals surface area contributed by atoms with E-state index in [1.165, 1.54) is 17.9 Å². The van der Waals surface area contributed by atoms with Gasteiger partial charge in [0.1, 0.15) is 17.5 Å². The summed E-state index contributed by atoms with van der Waals surface area (Å²) < 4.78 is 25.7. The van der Waals surface area contributed by atoms with Gasteiger partial charge in [0.15, 0.2) is 0 Å². The van der Waals surface area contributed by atoms with Crippen molar-refractivity contribution < 1.29 is 28.2 Å². The summed E-state index contributed by atoms with van der Waals surface area (Å²) in [6.45, 7) is 9.69. The fourth-order valence-corrected chi connectivity index (χ4v) is 4.62. The molecular weight excluding hydrogens is 491 g/mol. The monoisotopic (exact) mass is 526 g/mol. The molecule has 0 bridgehead atoms. The minimum atomic E-state index is -0.567. The Bertz CT molecular complexity index is 1180. The fourth-order valence-electron chi connectivity index (χ4n) is 4.62. The van der Waals surface area contributed by atoms with E-state index in [-0.39, 0.29) is 25.0 Å². The van der Waals surface area contributed by atoms with Gasteiger partial charge < -0.3 is 20.1 Å². The maximum atomic E-state index is 15.1. The molecule has 0 spiro atoms. The van der Waals surface area contributed by atoms with Gasteiger partial charge in [0, 0.05) is 38.2 Å². The molecule has 204 valence electrons. The van der Waals surface area contributed by atoms with E-state index in [1.807, 2.05) is 45.0 Å². The standard InChI is InChI=1S/C28H35FN4O5/c1-18(34)30-14-23-17-33(27(36)37-23)22-9-10-24(25(29)13-22)20-7-5-19(6-8-20)15-32-12-11-21(16-32)31-26(35)38-28(2,3)4/h5-10,13,21,23H,11-12,14-17H2,1-4H3,(H,30,34)(H,31,35). The van der Waals surface area contributed by atoms with E-state index < -0.39 is 29.7 Å². The third-order valence-corrected chi connectivity index (χ3v) is 6.38. The molecule has 2 fully saturated rings. The van der Waals surface area contributed by atoms with Crippen LogP contribution in [0.1, 0.15) is 39.7 Å². The summed E-state index contributed by atoms with van der Waals surface area (Å²) in [7, 11) is 0. The number of cyclic esters (lactones) is 1. The molecule has 4 rings (SSSR count). The van der Waals surface area contributed by atoms with Crippen LogP contribution in [0.25, 0.3) is 11.1 Å². The molecule has 2 aromatic carbocycles. The first-order valence-electron chi connectivity index (χ1n) is 12.8. The van der Waals surface area contributed by atoms with E-state index >= 15 is 4.39 Å². The molecule has 0 saturated carbocycles. The Balaban J connectivity index is 1.32. The number of hydrogen-bond donors (Lipinski definition) is 2. The maximum absolute atomic E-state index is 15.1. The molecule has 2 aliphatic rings. The molecule has 10 heteroatoms. The number of halogens is 1. The molecule has 2 N–H and O–H groups in total. The molecule has 38 heavy (non-hydrogen) atoms. The summed E-state index contributed by atoms with van der Waals surface area (Å²) in [4.78, 5) is 39.0. The van der Waals surface area contributed by atoms with E-state index in [2.05, 4.69) is 15.5 Å². The average molecular weight is 527 g/mol. The Kier molecular flexibility index (Phi) is 8.20. The molecule has 2 atom stereocenters. The van der Waals surface area contributed by atoms with Crippen LogP contribution in [-0.2, 0) is 20.8 Å². The molecule has 0 aliphatic carbocycles. The lowest BCUT2D eigenvalue weighted by molar-refractivity contribution is -0.119. The average Bonchev–Trinajstić information content (AvgIpc) is 3.42. The van der Waals surface area contributed by atoms with E-state index in [9.17, 15) is 14.4 Å². The molecule has 2 unspecified atom stereocenters. The molecule has 0 radical (unpaired) electrons. The number of ether oxygens (including phenoxy) is 2. The lowest BCUT2D eigenvalue weighted by Crippen LogP contribution is -2.40. The number of nitrogens with one attached hydrogen (secondary N) is 2. The Morgan fingerprint density at radius 2 is 1.87 bits per heavy atom. The lowest BCUT2D eigenvalue weighted by Gasteiger charge is -2.22. The van der Waals surface area contributed by atoms with Crippen molar-refractivity contribution in [1.82, 2.24) is 15.5 Å². The highest BCUT2D eigenvalue weighted by Crippen LogP contribution is 2.29. The Morgan fingerprint density at radius 1 is 1.13 bits per heavy atom. The number of hydrogen-bond acceptors (Lipinski definition) is 6. The van der Waals surface area contributed by atoms with Gasteiger partial charge in [0.25, 0.3) is 0 Å². The molecule has 2 heterocycles. The smallest absolute Gasteiger partial charge is 0.414 e. The van der Waals surface area contributed by atoms with Crippen LogP contribution in [0.4, 0.5) is 19.7 Å². The molecule has 9 nitrogen and oxygen atoms in total. The van der Waals surface area contributed by atoms with Gasteiger partial charge in [-0.2, -0.15) is 0 Å². The zero-order chi connectivity index (χ0) is 27.4. The van der Waals surface area contributed by atoms with Crippen LogP contribution in [0.2, 0.25) is 0 Å². The fraction of sp³-hybridized carbons (Fsp3) is 0.464. The predicted molar refractivity (Wildman–Crippen MR) is 141 cm³/mol. The zero-order valence-corrected chi connectivity index (χ0v) is 22.3. The number of carbonyl (C=O) groups is 3. The first-order valence-corrected chi connectivity index (χ1v) is 12.8. The Hall–Kier alpha value is -3.66. The second kappa shape index (κ2) is 11.4. The number of rotatable bonds is 7. The summed E-state index contributed by atoms with van der Waals surface area (Å²) in [6, 6.07) is 12.4. The van der Waals surface area contributed by atoms with Gasteiger partial charge in [-0.15, -0.1) is 0 Å². The summed E-state index contributed by atoms with van der Waals surface area (Å²) in [6.07, 6.45) is -0.593. The first kappa shape index (κ1) is 27.4. The van der Waals surface area contributed by atoms with Crippen molar-refractivity contribution in [1.29, 1.82) is 0 Å². The number of carbonyl (C=O) groups excluding carboxylic acids is 3. The van der Waals surface area contributed by atoms with Crippen LogP contribution in [0.15, 0.2) is 42.5 Å². The van der Waals surface area contributed by atoms with Crippen LogP contribution in [0.3, 0.4) is 0 Å². The quantitative estimate of drug-likeness (QED) is 0.565. The summed E-state index contributed by atoms with van der Waals surface area (Å²) in [5.41, 5.74) is 2.14. The normalized spacial score (nSPS) is 19.8. The van der Waals surface area contributed by atoms with Gasteiger partial charge in [0.05, 0.1) is 18.8 Å². The van der Waals surface area contributed by atoms with Gasteiger partial charge in [-0.1, -0.05) is 24.3 Å². The minimum Gasteiger partial charge on any atom is -0.444 e. The van der Waals surface area contributed by atoms with Gasteiger partial charge in [-0.05, 0) is 56.5 Å². The summed E-state index contributed by atoms with van der Waals surface area (Å²) in [5.74, 6) is -0.648. The molecule has 2 aromatic rings. The van der Waals surface area contributed by atoms with Crippen molar-refractivity contribution in [3.63, 3.8) is 0 Å². The highest BCUT2D eigenvalue weighted by Gasteiger charge is 2.33. The number of alkyl carbamates (subject to hydrolysis) is 1. The van der Waals surface area contributed by atoms with E-state index in [0.29, 0.717) is 11.3 Å². The van der Waals surface area contributed by atoms with Crippen LogP contribution < -0.4 is 15.5 Å². The second-order valence-corrected chi connectivity index (χ2v) is 10.8. The van der Waals surface area contributed by atoms with Crippen LogP contribution in [0.5, 0.6) is 0 Å². The second-order valence-electron chi connectivity index (χ2n) is 10.8. The van der Waals surface area contributed by atoms with E-state index in [4.69, 9.17) is 9.47 Å². The first-order chi connectivity index (χ1) is 18.0. The third kappa shape index (κ3) is 7.22. The van der Waals surface area contributed by atoms with Crippen LogP contribution in [-0.4, -0.2) is 66.9 Å². The van der Waals surface area contributed by atoms with Crippen molar-refractivity contribution in [2.45, 2.75) is 58.4 Å². The third-order valence-electron chi connectivity index (χ3n) is 6.38. The van der Waals surface area contributed by atoms with Crippen molar-refractivity contribution in [3.8, 4) is 11.1 Å². The van der Waals surface area contributed by atoms with Crippen molar-refractivity contribution in [3.05, 3.63) is 53.8 Å². The number of benzene rings is 2. The number of anilines is 1. The van der Waals surface area contributed by atoms with Crippen LogP contribution in [0, 0.1) is 5.82 Å². The summed E-state index contributed by atoms with van der Waals surface area (Å²) >= 11 is 0. The number of amides is 3. The number of nitrogens with zero attached hydrogens (tertiary/aromatic N) is 2. The van der Waals surface area contributed by atoms with Crippen LogP contribution >= 0.6 is 0 Å². The lowest BCUT2D eigenvalue weighted by atomic mass is 10.0. The zero-order valence-electron chi connectivity index (χ0n) is 22.3. The van der Waals surface area contributed by atoms with Crippen molar-refractivity contribution in [2.75, 3.05) is 31.1 Å². The predicted octanol–water partition coefficient (Wildman–Crippen LogP) is 4.05. The molecule has 3 amide bonds. The van der Waals surface area contributed by atoms with Gasteiger partial charge in [0.2, 0.25) is 5.91 Å². The largest absolute Gasteiger partial charge is 0.444 e. The van der Waals surface area contributed by atoms with Crippen molar-refractivity contribution >= 4 is 23.8 Å².